The second-order valence-electron chi connectivity index (χ2n) is 8.70. The van der Waals surface area contributed by atoms with Crippen molar-refractivity contribution in [2.45, 2.75) is 76.2 Å². The number of nitrogen functional groups attached to an aromatic ring is 2. The minimum atomic E-state index is -0.935. The molecule has 0 saturated heterocycles. The predicted molar refractivity (Wildman–Crippen MR) is 127 cm³/mol. The molecule has 6 nitrogen and oxygen atoms in total. The van der Waals surface area contributed by atoms with Crippen LogP contribution in [0.2, 0.25) is 0 Å². The highest BCUT2D eigenvalue weighted by molar-refractivity contribution is 5.95. The van der Waals surface area contributed by atoms with Gasteiger partial charge in [-0.05, 0) is 68.2 Å². The fraction of sp³-hybridized carbons (Fsp3) is 0.462. The van der Waals surface area contributed by atoms with Crippen molar-refractivity contribution in [3.63, 3.8) is 0 Å². The molecule has 0 bridgehead atoms. The number of hydrogen-bond acceptors (Lipinski definition) is 5. The van der Waals surface area contributed by atoms with E-state index in [0.717, 1.165) is 44.1 Å². The van der Waals surface area contributed by atoms with E-state index in [1.807, 2.05) is 12.1 Å². The Morgan fingerprint density at radius 3 is 2.00 bits per heavy atom. The number of nitrogens with two attached hydrogens (primary N) is 2. The second kappa shape index (κ2) is 11.6. The molecule has 2 saturated carbocycles. The highest BCUT2D eigenvalue weighted by atomic mass is 16.5. The molecule has 0 heterocycles. The lowest BCUT2D eigenvalue weighted by Crippen LogP contribution is -2.21. The van der Waals surface area contributed by atoms with E-state index in [1.54, 1.807) is 30.3 Å². The SMILES string of the molecule is Nc1c(C(=O)O)cccc1C1CCCCC1.Nc1ccccc1C(=O)OC1CCCCC1. The van der Waals surface area contributed by atoms with E-state index in [2.05, 4.69) is 0 Å². The number of carboxylic acid groups (broad SMARTS) is 1. The number of carbonyl (C=O) groups excluding carboxylic acids is 1. The van der Waals surface area contributed by atoms with Crippen molar-refractivity contribution in [1.82, 2.24) is 0 Å². The molecule has 2 fully saturated rings. The first kappa shape index (κ1) is 23.6. The van der Waals surface area contributed by atoms with Crippen molar-refractivity contribution >= 4 is 23.3 Å². The molecule has 2 aromatic rings. The number of benzene rings is 2. The molecule has 2 aliphatic rings. The lowest BCUT2D eigenvalue weighted by Gasteiger charge is -2.23. The van der Waals surface area contributed by atoms with Crippen LogP contribution in [0.15, 0.2) is 42.5 Å². The standard InChI is InChI=1S/2C13H17NO2/c14-12-9-5-4-8-11(12)13(15)16-10-6-2-1-3-7-10;14-12-10(9-5-2-1-3-6-9)7-4-8-11(12)13(15)16/h4-5,8-10H,1-3,6-7,14H2;4,7-9H,1-3,5-6,14H2,(H,15,16). The van der Waals surface area contributed by atoms with Gasteiger partial charge in [0.25, 0.3) is 0 Å². The third kappa shape index (κ3) is 6.25. The van der Waals surface area contributed by atoms with Crippen LogP contribution in [-0.2, 0) is 4.74 Å². The number of aromatic carboxylic acids is 1. The zero-order chi connectivity index (χ0) is 22.9. The van der Waals surface area contributed by atoms with Gasteiger partial charge in [-0.1, -0.05) is 49.9 Å². The Hall–Kier alpha value is -3.02. The summed E-state index contributed by atoms with van der Waals surface area (Å²) in [6, 6.07) is 12.4. The largest absolute Gasteiger partial charge is 0.478 e. The fourth-order valence-electron chi connectivity index (χ4n) is 4.62. The van der Waals surface area contributed by atoms with Gasteiger partial charge in [0.05, 0.1) is 11.1 Å². The summed E-state index contributed by atoms with van der Waals surface area (Å²) in [5.41, 5.74) is 14.4. The predicted octanol–water partition coefficient (Wildman–Crippen LogP) is 5.77. The van der Waals surface area contributed by atoms with E-state index in [0.29, 0.717) is 22.9 Å². The number of para-hydroxylation sites is 2. The summed E-state index contributed by atoms with van der Waals surface area (Å²) >= 11 is 0. The third-order valence-electron chi connectivity index (χ3n) is 6.42. The molecule has 0 unspecified atom stereocenters. The van der Waals surface area contributed by atoms with Crippen LogP contribution in [0.3, 0.4) is 0 Å². The highest BCUT2D eigenvalue weighted by Crippen LogP contribution is 2.36. The summed E-state index contributed by atoms with van der Waals surface area (Å²) in [7, 11) is 0. The molecule has 0 aliphatic heterocycles. The summed E-state index contributed by atoms with van der Waals surface area (Å²) < 4.78 is 5.44. The zero-order valence-corrected chi connectivity index (χ0v) is 18.6. The van der Waals surface area contributed by atoms with E-state index < -0.39 is 5.97 Å². The number of anilines is 2. The van der Waals surface area contributed by atoms with Crippen LogP contribution in [0.1, 0.15) is 96.4 Å². The minimum absolute atomic E-state index is 0.0841. The molecule has 0 spiro atoms. The van der Waals surface area contributed by atoms with Gasteiger partial charge in [0.1, 0.15) is 6.10 Å². The molecular formula is C26H34N2O4. The van der Waals surface area contributed by atoms with Crippen molar-refractivity contribution in [2.24, 2.45) is 0 Å². The van der Waals surface area contributed by atoms with Crippen LogP contribution in [0.5, 0.6) is 0 Å². The van der Waals surface area contributed by atoms with E-state index in [-0.39, 0.29) is 17.6 Å². The number of esters is 1. The molecule has 6 heteroatoms. The van der Waals surface area contributed by atoms with Gasteiger partial charge in [-0.2, -0.15) is 0 Å². The molecular weight excluding hydrogens is 404 g/mol. The summed E-state index contributed by atoms with van der Waals surface area (Å²) in [6.07, 6.45) is 11.6. The third-order valence-corrected chi connectivity index (χ3v) is 6.42. The summed E-state index contributed by atoms with van der Waals surface area (Å²) in [6.45, 7) is 0. The first-order valence-corrected chi connectivity index (χ1v) is 11.6. The smallest absolute Gasteiger partial charge is 0.340 e. The second-order valence-corrected chi connectivity index (χ2v) is 8.70. The molecule has 4 rings (SSSR count). The molecule has 0 atom stereocenters. The van der Waals surface area contributed by atoms with Gasteiger partial charge in [0.2, 0.25) is 0 Å². The van der Waals surface area contributed by atoms with Crippen LogP contribution in [0.25, 0.3) is 0 Å². The quantitative estimate of drug-likeness (QED) is 0.412. The highest BCUT2D eigenvalue weighted by Gasteiger charge is 2.21. The molecule has 2 aliphatic carbocycles. The van der Waals surface area contributed by atoms with Gasteiger partial charge in [-0.15, -0.1) is 0 Å². The normalized spacial score (nSPS) is 17.1. The van der Waals surface area contributed by atoms with Crippen molar-refractivity contribution < 1.29 is 19.4 Å². The van der Waals surface area contributed by atoms with Crippen molar-refractivity contribution in [3.8, 4) is 0 Å². The van der Waals surface area contributed by atoms with Gasteiger partial charge < -0.3 is 21.3 Å². The fourth-order valence-corrected chi connectivity index (χ4v) is 4.62. The van der Waals surface area contributed by atoms with Crippen molar-refractivity contribution in [1.29, 1.82) is 0 Å². The van der Waals surface area contributed by atoms with Crippen LogP contribution in [0, 0.1) is 0 Å². The molecule has 172 valence electrons. The Labute approximate surface area is 190 Å². The van der Waals surface area contributed by atoms with Gasteiger partial charge in [-0.25, -0.2) is 9.59 Å². The van der Waals surface area contributed by atoms with Gasteiger partial charge in [-0.3, -0.25) is 0 Å². The summed E-state index contributed by atoms with van der Waals surface area (Å²) in [4.78, 5) is 22.8. The monoisotopic (exact) mass is 438 g/mol. The van der Waals surface area contributed by atoms with Gasteiger partial charge >= 0.3 is 11.9 Å². The molecule has 0 amide bonds. The lowest BCUT2D eigenvalue weighted by molar-refractivity contribution is 0.0212. The van der Waals surface area contributed by atoms with Gasteiger partial charge in [0.15, 0.2) is 0 Å². The van der Waals surface area contributed by atoms with E-state index >= 15 is 0 Å². The number of rotatable bonds is 4. The Balaban J connectivity index is 0.000000181. The van der Waals surface area contributed by atoms with Crippen LogP contribution in [0.4, 0.5) is 11.4 Å². The van der Waals surface area contributed by atoms with Crippen LogP contribution in [-0.4, -0.2) is 23.1 Å². The first-order valence-electron chi connectivity index (χ1n) is 11.6. The lowest BCUT2D eigenvalue weighted by atomic mass is 9.83. The number of carbonyl (C=O) groups is 2. The number of carboxylic acids is 1. The average molecular weight is 439 g/mol. The summed E-state index contributed by atoms with van der Waals surface area (Å²) in [5.74, 6) is -0.770. The van der Waals surface area contributed by atoms with Crippen molar-refractivity contribution in [3.05, 3.63) is 59.2 Å². The van der Waals surface area contributed by atoms with Crippen LogP contribution < -0.4 is 11.5 Å². The number of hydrogen-bond donors (Lipinski definition) is 3. The Morgan fingerprint density at radius 2 is 1.38 bits per heavy atom. The molecule has 2 aromatic carbocycles. The maximum atomic E-state index is 11.8. The van der Waals surface area contributed by atoms with E-state index in [9.17, 15) is 9.59 Å². The summed E-state index contributed by atoms with van der Waals surface area (Å²) in [5, 5.41) is 9.01. The average Bonchev–Trinajstić information content (AvgIpc) is 2.81. The molecule has 0 radical (unpaired) electrons. The zero-order valence-electron chi connectivity index (χ0n) is 18.6. The molecule has 32 heavy (non-hydrogen) atoms. The minimum Gasteiger partial charge on any atom is -0.478 e. The maximum Gasteiger partial charge on any atom is 0.340 e. The van der Waals surface area contributed by atoms with E-state index in [4.69, 9.17) is 21.3 Å². The van der Waals surface area contributed by atoms with E-state index in [1.165, 1.54) is 25.7 Å². The molecule has 5 N–H and O–H groups in total. The topological polar surface area (TPSA) is 116 Å². The van der Waals surface area contributed by atoms with Crippen LogP contribution >= 0.6 is 0 Å². The Morgan fingerprint density at radius 1 is 0.781 bits per heavy atom. The maximum absolute atomic E-state index is 11.8. The Kier molecular flexibility index (Phi) is 8.54. The van der Waals surface area contributed by atoms with Crippen molar-refractivity contribution in [2.75, 3.05) is 11.5 Å². The van der Waals surface area contributed by atoms with Gasteiger partial charge in [0, 0.05) is 11.4 Å². The molecule has 0 aromatic heterocycles. The number of ether oxygens (including phenoxy) is 1. The first-order chi connectivity index (χ1) is 15.5. The Bertz CT molecular complexity index is 916.